The molecule has 0 aliphatic carbocycles. The highest BCUT2D eigenvalue weighted by molar-refractivity contribution is 7.99. The number of primary amides is 1. The van der Waals surface area contributed by atoms with E-state index in [9.17, 15) is 24.6 Å². The highest BCUT2D eigenvalue weighted by Crippen LogP contribution is 2.51. The first-order valence-corrected chi connectivity index (χ1v) is 12.0. The molecule has 1 saturated heterocycles. The number of aliphatic carboxylic acids is 1. The molecule has 0 unspecified atom stereocenters. The van der Waals surface area contributed by atoms with Gasteiger partial charge in [0.15, 0.2) is 6.54 Å². The zero-order valence-corrected chi connectivity index (χ0v) is 19.2. The predicted octanol–water partition coefficient (Wildman–Crippen LogP) is -1.43. The summed E-state index contributed by atoms with van der Waals surface area (Å²) in [6.45, 7) is 3.43. The molecule has 1 fully saturated rings. The molecule has 32 heavy (non-hydrogen) atoms. The largest absolute Gasteiger partial charge is 0.543 e. The Labute approximate surface area is 191 Å². The summed E-state index contributed by atoms with van der Waals surface area (Å²) >= 11 is 2.83. The summed E-state index contributed by atoms with van der Waals surface area (Å²) in [6.07, 6.45) is 3.19. The van der Waals surface area contributed by atoms with Crippen LogP contribution in [0.1, 0.15) is 25.1 Å². The zero-order chi connectivity index (χ0) is 23.3. The van der Waals surface area contributed by atoms with Crippen LogP contribution in [0.15, 0.2) is 23.2 Å². The monoisotopic (exact) mass is 480 g/mol. The van der Waals surface area contributed by atoms with Crippen LogP contribution in [-0.2, 0) is 20.9 Å². The van der Waals surface area contributed by atoms with Crippen LogP contribution in [0.3, 0.4) is 0 Å². The van der Waals surface area contributed by atoms with Crippen LogP contribution in [0.4, 0.5) is 0 Å². The van der Waals surface area contributed by atoms with Crippen LogP contribution >= 0.6 is 23.1 Å². The van der Waals surface area contributed by atoms with Crippen molar-refractivity contribution in [2.45, 2.75) is 44.0 Å². The third-order valence-corrected chi connectivity index (χ3v) is 8.37. The molecule has 10 nitrogen and oxygen atoms in total. The number of fused-ring (bicyclic) bond motifs is 2. The first-order chi connectivity index (χ1) is 15.2. The summed E-state index contributed by atoms with van der Waals surface area (Å²) in [5.74, 6) is -2.64. The normalized spacial score (nSPS) is 23.6. The molecule has 0 radical (unpaired) electrons. The molecule has 4 atom stereocenters. The van der Waals surface area contributed by atoms with Gasteiger partial charge in [0.2, 0.25) is 15.8 Å². The Bertz CT molecular complexity index is 1140. The average molecular weight is 481 g/mol. The molecular weight excluding hydrogens is 456 g/mol. The molecule has 4 N–H and O–H groups in total. The quantitative estimate of drug-likeness (QED) is 0.172. The number of aliphatic hydroxyl groups is 2. The Morgan fingerprint density at radius 1 is 1.44 bits per heavy atom. The highest BCUT2D eigenvalue weighted by Gasteiger charge is 2.59. The number of rotatable bonds is 9. The second-order valence-electron chi connectivity index (χ2n) is 8.05. The van der Waals surface area contributed by atoms with Crippen LogP contribution in [0.25, 0.3) is 10.4 Å². The Morgan fingerprint density at radius 3 is 2.75 bits per heavy atom. The van der Waals surface area contributed by atoms with Gasteiger partial charge in [0.05, 0.1) is 34.6 Å². The number of aromatic nitrogens is 2. The number of thiazole rings is 1. The number of carboxylic acid groups (broad SMARTS) is 1. The van der Waals surface area contributed by atoms with E-state index in [1.54, 1.807) is 21.5 Å². The second-order valence-corrected chi connectivity index (χ2v) is 10.2. The molecule has 0 aromatic carbocycles. The molecule has 172 valence electrons. The number of aliphatic hydroxyl groups excluding tert-OH is 2. The zero-order valence-electron chi connectivity index (χ0n) is 17.6. The van der Waals surface area contributed by atoms with Gasteiger partial charge in [0.1, 0.15) is 6.20 Å². The summed E-state index contributed by atoms with van der Waals surface area (Å²) in [5, 5.41) is 31.9. The molecule has 12 heteroatoms. The van der Waals surface area contributed by atoms with Crippen molar-refractivity contribution in [1.29, 1.82) is 0 Å². The predicted molar refractivity (Wildman–Crippen MR) is 114 cm³/mol. The third kappa shape index (κ3) is 3.51. The number of nitrogens with zero attached hydrogens (tertiary/aromatic N) is 3. The molecule has 4 heterocycles. The topological polar surface area (TPSA) is 152 Å². The van der Waals surface area contributed by atoms with Crippen LogP contribution in [-0.4, -0.2) is 61.8 Å². The van der Waals surface area contributed by atoms with Crippen LogP contribution in [0.5, 0.6) is 0 Å². The minimum absolute atomic E-state index is 0.00495. The standard InChI is InChI=1S/C20H24N4O6S2/c1-9-13(16(20(29)30)24-15(9)14(10(2)26)17(24)28)11-6-22-8-23(7-12(21)27)18(19(22)32-11)31-5-3-4-25/h6,8-10,14-15,25-26H,3-5,7H2,1-2H3,(H2-,21,27,29,30)/t9-,10+,14+,15+/m0/s1. The van der Waals surface area contributed by atoms with Gasteiger partial charge < -0.3 is 30.7 Å². The van der Waals surface area contributed by atoms with Crippen molar-refractivity contribution < 1.29 is 34.3 Å². The van der Waals surface area contributed by atoms with E-state index in [2.05, 4.69) is 0 Å². The number of carbonyl (C=O) groups excluding carboxylic acids is 3. The summed E-state index contributed by atoms with van der Waals surface area (Å²) in [4.78, 5) is 38.8. The maximum Gasteiger partial charge on any atom is 0.259 e. The van der Waals surface area contributed by atoms with E-state index >= 15 is 0 Å². The number of hydrogen-bond acceptors (Lipinski definition) is 8. The molecule has 0 spiro atoms. The minimum Gasteiger partial charge on any atom is -0.543 e. The van der Waals surface area contributed by atoms with Gasteiger partial charge in [-0.1, -0.05) is 30.0 Å². The lowest BCUT2D eigenvalue weighted by molar-refractivity contribution is -0.717. The Morgan fingerprint density at radius 2 is 2.16 bits per heavy atom. The van der Waals surface area contributed by atoms with E-state index in [4.69, 9.17) is 10.8 Å². The average Bonchev–Trinajstić information content (AvgIpc) is 3.30. The van der Waals surface area contributed by atoms with Gasteiger partial charge >= 0.3 is 0 Å². The summed E-state index contributed by atoms with van der Waals surface area (Å²) in [5.41, 5.74) is 5.74. The number of carboxylic acids is 1. The summed E-state index contributed by atoms with van der Waals surface area (Å²) < 4.78 is 3.53. The van der Waals surface area contributed by atoms with Crippen molar-refractivity contribution in [2.75, 3.05) is 12.4 Å². The van der Waals surface area contributed by atoms with Crippen molar-refractivity contribution in [2.24, 2.45) is 17.6 Å². The molecule has 4 rings (SSSR count). The number of β-lactam (4-membered cyclic amide) rings is 1. The molecule has 2 amide bonds. The van der Waals surface area contributed by atoms with E-state index in [1.807, 2.05) is 6.92 Å². The first kappa shape index (κ1) is 22.8. The minimum atomic E-state index is -1.42. The lowest BCUT2D eigenvalue weighted by Crippen LogP contribution is -2.64. The van der Waals surface area contributed by atoms with Crippen molar-refractivity contribution in [3.63, 3.8) is 0 Å². The number of thioether (sulfide) groups is 1. The SMILES string of the molecule is C[C@@H](O)[C@H]1C(=O)N2C(C(=O)[O-])=C(c3cn4c[n+](CC(N)=O)c(SCCCO)c4s3)[C@H](C)[C@H]12. The van der Waals surface area contributed by atoms with Crippen molar-refractivity contribution in [3.05, 3.63) is 23.1 Å². The summed E-state index contributed by atoms with van der Waals surface area (Å²) in [7, 11) is 0. The fourth-order valence-electron chi connectivity index (χ4n) is 4.60. The fourth-order valence-corrected chi connectivity index (χ4v) is 7.05. The Kier molecular flexibility index (Phi) is 6.05. The van der Waals surface area contributed by atoms with E-state index in [0.29, 0.717) is 22.6 Å². The molecular formula is C20H24N4O6S2. The third-order valence-electron chi connectivity index (χ3n) is 5.90. The van der Waals surface area contributed by atoms with Gasteiger partial charge in [-0.05, 0) is 13.3 Å². The maximum absolute atomic E-state index is 12.6. The van der Waals surface area contributed by atoms with Crippen molar-refractivity contribution in [1.82, 2.24) is 9.30 Å². The van der Waals surface area contributed by atoms with Crippen LogP contribution < -0.4 is 15.4 Å². The number of carbonyl (C=O) groups is 3. The molecule has 2 aliphatic rings. The van der Waals surface area contributed by atoms with Gasteiger partial charge in [-0.3, -0.25) is 9.59 Å². The van der Waals surface area contributed by atoms with E-state index in [0.717, 1.165) is 9.86 Å². The van der Waals surface area contributed by atoms with Gasteiger partial charge in [-0.2, -0.15) is 4.40 Å². The number of amides is 2. The molecule has 2 aromatic rings. The molecule has 0 saturated carbocycles. The van der Waals surface area contributed by atoms with Crippen LogP contribution in [0.2, 0.25) is 0 Å². The number of hydrogen-bond donors (Lipinski definition) is 3. The van der Waals surface area contributed by atoms with E-state index in [1.165, 1.54) is 34.9 Å². The summed E-state index contributed by atoms with van der Waals surface area (Å²) in [6, 6.07) is -0.426. The molecule has 2 aliphatic heterocycles. The van der Waals surface area contributed by atoms with Gasteiger partial charge in [-0.15, -0.1) is 0 Å². The smallest absolute Gasteiger partial charge is 0.259 e. The first-order valence-electron chi connectivity index (χ1n) is 10.2. The number of imidazole rings is 1. The van der Waals surface area contributed by atoms with Crippen molar-refractivity contribution in [3.8, 4) is 0 Å². The highest BCUT2D eigenvalue weighted by atomic mass is 32.2. The lowest BCUT2D eigenvalue weighted by Gasteiger charge is -2.47. The van der Waals surface area contributed by atoms with Gasteiger partial charge in [-0.25, -0.2) is 4.57 Å². The van der Waals surface area contributed by atoms with Gasteiger partial charge in [0, 0.05) is 23.9 Å². The Balaban J connectivity index is 1.78. The van der Waals surface area contributed by atoms with Crippen LogP contribution in [0, 0.1) is 11.8 Å². The fraction of sp³-hybridized carbons (Fsp3) is 0.500. The Hall–Kier alpha value is -2.41. The maximum atomic E-state index is 12.6. The van der Waals surface area contributed by atoms with E-state index < -0.39 is 35.8 Å². The van der Waals surface area contributed by atoms with Crippen molar-refractivity contribution >= 4 is 51.3 Å². The molecule has 2 aromatic heterocycles. The lowest BCUT2D eigenvalue weighted by atomic mass is 9.77. The van der Waals surface area contributed by atoms with E-state index in [-0.39, 0.29) is 24.8 Å². The molecule has 0 bridgehead atoms. The number of nitrogens with two attached hydrogens (primary N) is 1. The second kappa shape index (κ2) is 8.50. The van der Waals surface area contributed by atoms with Gasteiger partial charge in [0.25, 0.3) is 12.2 Å².